The second-order valence-electron chi connectivity index (χ2n) is 8.58. The smallest absolute Gasteiger partial charge is 0.296 e. The first-order valence-corrected chi connectivity index (χ1v) is 11.2. The Morgan fingerprint density at radius 1 is 1.09 bits per heavy atom. The fourth-order valence-corrected chi connectivity index (χ4v) is 4.71. The van der Waals surface area contributed by atoms with Gasteiger partial charge >= 0.3 is 0 Å². The second-order valence-corrected chi connectivity index (χ2v) is 8.58. The van der Waals surface area contributed by atoms with Crippen LogP contribution in [-0.2, 0) is 22.6 Å². The van der Waals surface area contributed by atoms with E-state index in [1.807, 2.05) is 6.92 Å². The van der Waals surface area contributed by atoms with Crippen LogP contribution >= 0.6 is 0 Å². The van der Waals surface area contributed by atoms with E-state index in [9.17, 15) is 14.7 Å². The maximum atomic E-state index is 13.3. The predicted octanol–water partition coefficient (Wildman–Crippen LogP) is 4.24. The van der Waals surface area contributed by atoms with Gasteiger partial charge in [-0.1, -0.05) is 6.07 Å². The third kappa shape index (κ3) is 3.90. The van der Waals surface area contributed by atoms with Crippen molar-refractivity contribution in [3.05, 3.63) is 82.8 Å². The summed E-state index contributed by atoms with van der Waals surface area (Å²) in [7, 11) is 3.04. The van der Waals surface area contributed by atoms with E-state index in [1.165, 1.54) is 25.4 Å². The second kappa shape index (κ2) is 8.87. The van der Waals surface area contributed by atoms with Gasteiger partial charge in [0.25, 0.3) is 11.7 Å². The molecule has 1 fully saturated rings. The Kier molecular flexibility index (Phi) is 5.72. The maximum absolute atomic E-state index is 13.3. The van der Waals surface area contributed by atoms with E-state index in [0.717, 1.165) is 11.3 Å². The van der Waals surface area contributed by atoms with Crippen LogP contribution in [0.3, 0.4) is 0 Å². The van der Waals surface area contributed by atoms with Crippen LogP contribution in [0.2, 0.25) is 0 Å². The molecular weight excluding hydrogens is 450 g/mol. The fourth-order valence-electron chi connectivity index (χ4n) is 4.71. The van der Waals surface area contributed by atoms with E-state index in [1.54, 1.807) is 48.5 Å². The normalized spacial score (nSPS) is 20.6. The number of aliphatic hydroxyl groups excluding tert-OH is 1. The average Bonchev–Trinajstić information content (AvgIpc) is 3.57. The van der Waals surface area contributed by atoms with Crippen molar-refractivity contribution < 1.29 is 33.3 Å². The lowest BCUT2D eigenvalue weighted by atomic mass is 9.94. The average molecular weight is 475 g/mol. The highest BCUT2D eigenvalue weighted by Crippen LogP contribution is 2.43. The van der Waals surface area contributed by atoms with Crippen molar-refractivity contribution in [2.24, 2.45) is 0 Å². The molecule has 180 valence electrons. The van der Waals surface area contributed by atoms with Crippen molar-refractivity contribution in [2.75, 3.05) is 14.2 Å². The molecule has 0 saturated carbocycles. The summed E-state index contributed by atoms with van der Waals surface area (Å²) in [6.07, 6.45) is 2.24. The number of rotatable bonds is 6. The van der Waals surface area contributed by atoms with Crippen LogP contribution in [0.1, 0.15) is 35.4 Å². The third-order valence-corrected chi connectivity index (χ3v) is 6.34. The van der Waals surface area contributed by atoms with Crippen LogP contribution in [0, 0.1) is 0 Å². The van der Waals surface area contributed by atoms with Crippen molar-refractivity contribution in [3.63, 3.8) is 0 Å². The number of aliphatic hydroxyl groups is 1. The van der Waals surface area contributed by atoms with Crippen molar-refractivity contribution in [3.8, 4) is 17.2 Å². The number of nitrogens with zero attached hydrogens (tertiary/aromatic N) is 1. The van der Waals surface area contributed by atoms with Crippen LogP contribution < -0.4 is 14.2 Å². The molecule has 1 amide bonds. The monoisotopic (exact) mass is 475 g/mol. The maximum Gasteiger partial charge on any atom is 0.296 e. The number of Topliss-reactive ketones (excluding diaryl/α,β-unsaturated/α-hetero) is 1. The number of likely N-dealkylation sites (tertiary alicyclic amines) is 1. The Morgan fingerprint density at radius 3 is 2.60 bits per heavy atom. The van der Waals surface area contributed by atoms with E-state index in [2.05, 4.69) is 0 Å². The van der Waals surface area contributed by atoms with Crippen molar-refractivity contribution in [2.45, 2.75) is 32.0 Å². The highest BCUT2D eigenvalue weighted by molar-refractivity contribution is 6.46. The number of hydrogen-bond donors (Lipinski definition) is 1. The minimum absolute atomic E-state index is 0.000639. The Labute approximate surface area is 202 Å². The predicted molar refractivity (Wildman–Crippen MR) is 126 cm³/mol. The molecule has 1 N–H and O–H groups in total. The summed E-state index contributed by atoms with van der Waals surface area (Å²) in [5.41, 5.74) is 1.98. The zero-order chi connectivity index (χ0) is 24.7. The molecule has 3 heterocycles. The number of ketones is 1. The molecule has 2 aliphatic heterocycles. The van der Waals surface area contributed by atoms with E-state index in [0.29, 0.717) is 34.8 Å². The number of ether oxygens (including phenoxy) is 3. The molecule has 1 saturated heterocycles. The molecule has 5 rings (SSSR count). The lowest BCUT2D eigenvalue weighted by Gasteiger charge is -2.25. The van der Waals surface area contributed by atoms with E-state index in [-0.39, 0.29) is 24.0 Å². The van der Waals surface area contributed by atoms with Gasteiger partial charge in [0.1, 0.15) is 23.4 Å². The lowest BCUT2D eigenvalue weighted by molar-refractivity contribution is -0.140. The number of carbonyl (C=O) groups is 2. The minimum atomic E-state index is -0.858. The minimum Gasteiger partial charge on any atom is -0.507 e. The number of benzene rings is 2. The molecule has 3 aromatic rings. The Bertz CT molecular complexity index is 1330. The molecule has 0 aliphatic carbocycles. The first-order valence-electron chi connectivity index (χ1n) is 11.2. The number of fused-ring (bicyclic) bond motifs is 1. The topological polar surface area (TPSA) is 98.4 Å². The number of amides is 1. The summed E-state index contributed by atoms with van der Waals surface area (Å²) >= 11 is 0. The van der Waals surface area contributed by atoms with Crippen LogP contribution in [0.25, 0.3) is 5.76 Å². The van der Waals surface area contributed by atoms with Crippen molar-refractivity contribution in [1.82, 2.24) is 4.90 Å². The molecule has 0 radical (unpaired) electrons. The lowest BCUT2D eigenvalue weighted by Crippen LogP contribution is -2.29. The molecule has 35 heavy (non-hydrogen) atoms. The zero-order valence-electron chi connectivity index (χ0n) is 19.6. The molecule has 8 nitrogen and oxygen atoms in total. The molecular formula is C27H25NO7. The van der Waals surface area contributed by atoms with Gasteiger partial charge in [0.05, 0.1) is 38.6 Å². The first-order chi connectivity index (χ1) is 16.9. The molecule has 2 aliphatic rings. The van der Waals surface area contributed by atoms with E-state index in [4.69, 9.17) is 18.6 Å². The van der Waals surface area contributed by atoms with Gasteiger partial charge < -0.3 is 28.6 Å². The summed E-state index contributed by atoms with van der Waals surface area (Å²) < 4.78 is 22.0. The number of carbonyl (C=O) groups excluding carboxylic acids is 2. The summed E-state index contributed by atoms with van der Waals surface area (Å²) in [5.74, 6) is 0.487. The van der Waals surface area contributed by atoms with Crippen LogP contribution in [0.15, 0.2) is 64.8 Å². The third-order valence-electron chi connectivity index (χ3n) is 6.34. The van der Waals surface area contributed by atoms with Gasteiger partial charge in [-0.3, -0.25) is 9.59 Å². The molecule has 0 spiro atoms. The summed E-state index contributed by atoms with van der Waals surface area (Å²) in [6.45, 7) is 2.03. The van der Waals surface area contributed by atoms with Gasteiger partial charge in [-0.15, -0.1) is 0 Å². The highest BCUT2D eigenvalue weighted by Gasteiger charge is 2.46. The van der Waals surface area contributed by atoms with Crippen LogP contribution in [-0.4, -0.2) is 42.0 Å². The Morgan fingerprint density at radius 2 is 1.89 bits per heavy atom. The fraction of sp³-hybridized carbons (Fsp3) is 0.259. The Balaban J connectivity index is 1.65. The molecule has 2 aromatic carbocycles. The molecule has 1 aromatic heterocycles. The summed E-state index contributed by atoms with van der Waals surface area (Å²) in [5, 5.41) is 11.4. The SMILES string of the molecule is COc1ccc([C@@H]2C(=C(O)c3ccc4c(c3)C[C@@H](C)O4)C(=O)C(=O)N2Cc2ccco2)cc1OC. The zero-order valence-corrected chi connectivity index (χ0v) is 19.6. The Hall–Kier alpha value is -4.20. The van der Waals surface area contributed by atoms with Crippen molar-refractivity contribution in [1.29, 1.82) is 0 Å². The summed E-state index contributed by atoms with van der Waals surface area (Å²) in [4.78, 5) is 27.9. The van der Waals surface area contributed by atoms with Crippen LogP contribution in [0.5, 0.6) is 17.2 Å². The van der Waals surface area contributed by atoms with Gasteiger partial charge in [0.2, 0.25) is 0 Å². The van der Waals surface area contributed by atoms with Gasteiger partial charge in [0.15, 0.2) is 11.5 Å². The van der Waals surface area contributed by atoms with E-state index < -0.39 is 17.7 Å². The standard InChI is InChI=1S/C27H25NO7/c1-15-11-18-12-17(7-8-20(18)35-15)25(29)23-24(16-6-9-21(32-2)22(13-16)33-3)28(27(31)26(23)30)14-19-5-4-10-34-19/h4-10,12-13,15,24,29H,11,14H2,1-3H3/t15-,24-/m1/s1. The van der Waals surface area contributed by atoms with E-state index >= 15 is 0 Å². The van der Waals surface area contributed by atoms with Crippen molar-refractivity contribution >= 4 is 17.4 Å². The highest BCUT2D eigenvalue weighted by atomic mass is 16.5. The number of hydrogen-bond acceptors (Lipinski definition) is 7. The van der Waals surface area contributed by atoms with Gasteiger partial charge in [-0.25, -0.2) is 0 Å². The number of methoxy groups -OCH3 is 2. The molecule has 2 atom stereocenters. The van der Waals surface area contributed by atoms with Gasteiger partial charge in [0, 0.05) is 12.0 Å². The molecule has 0 bridgehead atoms. The van der Waals surface area contributed by atoms with Crippen LogP contribution in [0.4, 0.5) is 0 Å². The van der Waals surface area contributed by atoms with Gasteiger partial charge in [-0.05, 0) is 60.5 Å². The molecule has 0 unspecified atom stereocenters. The largest absolute Gasteiger partial charge is 0.507 e. The number of furan rings is 1. The van der Waals surface area contributed by atoms with Gasteiger partial charge in [-0.2, -0.15) is 0 Å². The molecule has 8 heteroatoms. The summed E-state index contributed by atoms with van der Waals surface area (Å²) in [6, 6.07) is 13.0. The quantitative estimate of drug-likeness (QED) is 0.323. The first kappa shape index (κ1) is 22.6.